The predicted octanol–water partition coefficient (Wildman–Crippen LogP) is 4.27. The normalized spacial score (nSPS) is 11.0. The third-order valence-corrected chi connectivity index (χ3v) is 5.23. The Hall–Kier alpha value is -4.32. The number of hydrogen-bond donors (Lipinski definition) is 1. The summed E-state index contributed by atoms with van der Waals surface area (Å²) in [6.45, 7) is 0.341. The molecule has 0 bridgehead atoms. The molecule has 5 aromatic rings. The highest BCUT2D eigenvalue weighted by Gasteiger charge is 2.18. The van der Waals surface area contributed by atoms with Crippen LogP contribution in [0.4, 0.5) is 0 Å². The van der Waals surface area contributed by atoms with E-state index in [9.17, 15) is 9.90 Å². The second-order valence-corrected chi connectivity index (χ2v) is 7.19. The molecule has 0 atom stereocenters. The zero-order valence-corrected chi connectivity index (χ0v) is 16.5. The van der Waals surface area contributed by atoms with Gasteiger partial charge in [-0.05, 0) is 23.3 Å². The van der Waals surface area contributed by atoms with Crippen LogP contribution in [0.3, 0.4) is 0 Å². The van der Waals surface area contributed by atoms with Crippen LogP contribution in [0.15, 0.2) is 96.2 Å². The molecule has 0 unspecified atom stereocenters. The number of aromatic nitrogens is 4. The molecule has 2 aromatic carbocycles. The molecule has 0 aliphatic rings. The van der Waals surface area contributed by atoms with Gasteiger partial charge in [0.1, 0.15) is 5.75 Å². The van der Waals surface area contributed by atoms with Gasteiger partial charge in [-0.1, -0.05) is 60.7 Å². The molecular formula is C25H18N4O2. The van der Waals surface area contributed by atoms with Crippen LogP contribution in [0.25, 0.3) is 33.3 Å². The Kier molecular flexibility index (Phi) is 4.72. The Balaban J connectivity index is 1.88. The molecule has 0 aliphatic heterocycles. The van der Waals surface area contributed by atoms with Gasteiger partial charge in [-0.3, -0.25) is 9.78 Å². The molecular weight excluding hydrogens is 388 g/mol. The lowest BCUT2D eigenvalue weighted by atomic mass is 10.0. The highest BCUT2D eigenvalue weighted by molar-refractivity contribution is 5.97. The first-order valence-electron chi connectivity index (χ1n) is 9.84. The number of pyridine rings is 2. The van der Waals surface area contributed by atoms with Gasteiger partial charge < -0.3 is 9.67 Å². The number of fused-ring (bicyclic) bond motifs is 1. The van der Waals surface area contributed by atoms with Gasteiger partial charge in [-0.25, -0.2) is 0 Å². The highest BCUT2D eigenvalue weighted by Crippen LogP contribution is 2.33. The number of nitrogens with zero attached hydrogens (tertiary/aromatic N) is 4. The fraction of sp³-hybridized carbons (Fsp3) is 0.0400. The quantitative estimate of drug-likeness (QED) is 0.482. The van der Waals surface area contributed by atoms with Crippen LogP contribution in [-0.2, 0) is 6.54 Å². The zero-order chi connectivity index (χ0) is 21.2. The van der Waals surface area contributed by atoms with Crippen molar-refractivity contribution in [1.29, 1.82) is 0 Å². The summed E-state index contributed by atoms with van der Waals surface area (Å²) < 4.78 is 1.68. The molecule has 0 saturated heterocycles. The summed E-state index contributed by atoms with van der Waals surface area (Å²) >= 11 is 0. The standard InChI is InChI=1S/C25H18N4O2/c30-22-15-26-23(19-11-12-27-28-14-19)24-21(22)13-20(18-9-5-2-6-10-18)25(31)29(24)16-17-7-3-1-4-8-17/h1-15,30H,16H2. The maximum absolute atomic E-state index is 13.7. The van der Waals surface area contributed by atoms with E-state index in [4.69, 9.17) is 0 Å². The molecule has 0 amide bonds. The summed E-state index contributed by atoms with van der Waals surface area (Å²) in [5.41, 5.74) is 3.96. The first kappa shape index (κ1) is 18.7. The lowest BCUT2D eigenvalue weighted by molar-refractivity contribution is 0.479. The van der Waals surface area contributed by atoms with Gasteiger partial charge in [0.25, 0.3) is 5.56 Å². The Morgan fingerprint density at radius 3 is 2.29 bits per heavy atom. The largest absolute Gasteiger partial charge is 0.506 e. The van der Waals surface area contributed by atoms with Crippen LogP contribution in [0, 0.1) is 0 Å². The summed E-state index contributed by atoms with van der Waals surface area (Å²) in [4.78, 5) is 18.2. The zero-order valence-electron chi connectivity index (χ0n) is 16.5. The van der Waals surface area contributed by atoms with Crippen molar-refractivity contribution in [3.63, 3.8) is 0 Å². The monoisotopic (exact) mass is 406 g/mol. The summed E-state index contributed by atoms with van der Waals surface area (Å²) in [6, 6.07) is 22.7. The highest BCUT2D eigenvalue weighted by atomic mass is 16.3. The molecule has 31 heavy (non-hydrogen) atoms. The van der Waals surface area contributed by atoms with Crippen molar-refractivity contribution >= 4 is 10.9 Å². The average Bonchev–Trinajstić information content (AvgIpc) is 2.83. The van der Waals surface area contributed by atoms with Gasteiger partial charge in [-0.2, -0.15) is 10.2 Å². The molecule has 0 saturated carbocycles. The summed E-state index contributed by atoms with van der Waals surface area (Å²) in [7, 11) is 0. The predicted molar refractivity (Wildman–Crippen MR) is 120 cm³/mol. The van der Waals surface area contributed by atoms with E-state index in [-0.39, 0.29) is 11.3 Å². The minimum absolute atomic E-state index is 0.0137. The first-order chi connectivity index (χ1) is 15.2. The molecule has 6 nitrogen and oxygen atoms in total. The van der Waals surface area contributed by atoms with Gasteiger partial charge in [-0.15, -0.1) is 0 Å². The second kappa shape index (κ2) is 7.84. The van der Waals surface area contributed by atoms with Crippen molar-refractivity contribution in [2.75, 3.05) is 0 Å². The smallest absolute Gasteiger partial charge is 0.259 e. The number of hydrogen-bond acceptors (Lipinski definition) is 5. The second-order valence-electron chi connectivity index (χ2n) is 7.19. The van der Waals surface area contributed by atoms with Crippen LogP contribution in [0.1, 0.15) is 5.56 Å². The Labute approximate surface area is 178 Å². The third kappa shape index (κ3) is 3.44. The molecule has 6 heteroatoms. The van der Waals surface area contributed by atoms with E-state index < -0.39 is 0 Å². The molecule has 150 valence electrons. The average molecular weight is 406 g/mol. The number of aromatic hydroxyl groups is 1. The number of rotatable bonds is 4. The Bertz CT molecular complexity index is 1420. The van der Waals surface area contributed by atoms with Crippen LogP contribution >= 0.6 is 0 Å². The van der Waals surface area contributed by atoms with E-state index in [1.165, 1.54) is 6.20 Å². The van der Waals surface area contributed by atoms with Crippen molar-refractivity contribution in [3.05, 3.63) is 107 Å². The molecule has 5 rings (SSSR count). The SMILES string of the molecule is O=c1c(-c2ccccc2)cc2c(O)cnc(-c3ccnnc3)c2n1Cc1ccccc1. The van der Waals surface area contributed by atoms with Crippen molar-refractivity contribution in [3.8, 4) is 28.1 Å². The summed E-state index contributed by atoms with van der Waals surface area (Å²) in [5.74, 6) is 0.0137. The lowest BCUT2D eigenvalue weighted by Gasteiger charge is -2.17. The molecule has 0 spiro atoms. The van der Waals surface area contributed by atoms with Gasteiger partial charge >= 0.3 is 0 Å². The topological polar surface area (TPSA) is 80.9 Å². The van der Waals surface area contributed by atoms with E-state index in [1.54, 1.807) is 29.1 Å². The van der Waals surface area contributed by atoms with Gasteiger partial charge in [0, 0.05) is 16.5 Å². The van der Waals surface area contributed by atoms with E-state index >= 15 is 0 Å². The summed E-state index contributed by atoms with van der Waals surface area (Å²) in [6.07, 6.45) is 4.58. The molecule has 3 aromatic heterocycles. The van der Waals surface area contributed by atoms with Crippen LogP contribution in [-0.4, -0.2) is 24.9 Å². The van der Waals surface area contributed by atoms with Crippen LogP contribution < -0.4 is 5.56 Å². The van der Waals surface area contributed by atoms with Crippen LogP contribution in [0.2, 0.25) is 0 Å². The fourth-order valence-corrected chi connectivity index (χ4v) is 3.76. The third-order valence-electron chi connectivity index (χ3n) is 5.23. The lowest BCUT2D eigenvalue weighted by Crippen LogP contribution is -2.23. The van der Waals surface area contributed by atoms with E-state index in [0.717, 1.165) is 11.1 Å². The Morgan fingerprint density at radius 2 is 1.58 bits per heavy atom. The molecule has 3 heterocycles. The van der Waals surface area contributed by atoms with Gasteiger partial charge in [0.05, 0.1) is 36.3 Å². The molecule has 0 fully saturated rings. The van der Waals surface area contributed by atoms with E-state index in [1.807, 2.05) is 60.7 Å². The molecule has 1 N–H and O–H groups in total. The minimum atomic E-state index is -0.154. The Morgan fingerprint density at radius 1 is 0.839 bits per heavy atom. The van der Waals surface area contributed by atoms with Gasteiger partial charge in [0.15, 0.2) is 0 Å². The number of benzene rings is 2. The van der Waals surface area contributed by atoms with Crippen molar-refractivity contribution in [2.45, 2.75) is 6.54 Å². The van der Waals surface area contributed by atoms with Crippen molar-refractivity contribution < 1.29 is 5.11 Å². The van der Waals surface area contributed by atoms with Crippen LogP contribution in [0.5, 0.6) is 5.75 Å². The van der Waals surface area contributed by atoms with E-state index in [2.05, 4.69) is 15.2 Å². The molecule has 0 aliphatic carbocycles. The maximum atomic E-state index is 13.7. The summed E-state index contributed by atoms with van der Waals surface area (Å²) in [5, 5.41) is 19.0. The minimum Gasteiger partial charge on any atom is -0.506 e. The van der Waals surface area contributed by atoms with Crippen molar-refractivity contribution in [2.24, 2.45) is 0 Å². The van der Waals surface area contributed by atoms with Gasteiger partial charge in [0.2, 0.25) is 0 Å². The van der Waals surface area contributed by atoms with Crippen molar-refractivity contribution in [1.82, 2.24) is 19.7 Å². The van der Waals surface area contributed by atoms with E-state index in [0.29, 0.717) is 34.3 Å². The first-order valence-corrected chi connectivity index (χ1v) is 9.84. The fourth-order valence-electron chi connectivity index (χ4n) is 3.76. The molecule has 0 radical (unpaired) electrons. The maximum Gasteiger partial charge on any atom is 0.259 e.